The second-order valence-corrected chi connectivity index (χ2v) is 4.74. The third kappa shape index (κ3) is 2.84. The monoisotopic (exact) mass is 191 g/mol. The van der Waals surface area contributed by atoms with E-state index in [1.807, 2.05) is 0 Å². The van der Waals surface area contributed by atoms with Crippen LogP contribution >= 0.6 is 0 Å². The normalized spacial score (nSPS) is 36.7. The molecular formula is C8H17NO2S. The Morgan fingerprint density at radius 1 is 1.50 bits per heavy atom. The van der Waals surface area contributed by atoms with Crippen LogP contribution in [0.5, 0.6) is 0 Å². The van der Waals surface area contributed by atoms with Crippen LogP contribution in [0, 0.1) is 0 Å². The topological polar surface area (TPSA) is 38.3 Å². The quantitative estimate of drug-likeness (QED) is 0.689. The molecule has 0 aliphatic carbocycles. The lowest BCUT2D eigenvalue weighted by Crippen LogP contribution is -2.51. The fourth-order valence-electron chi connectivity index (χ4n) is 1.48. The average Bonchev–Trinajstić information content (AvgIpc) is 2.04. The van der Waals surface area contributed by atoms with Crippen LogP contribution in [0.2, 0.25) is 0 Å². The summed E-state index contributed by atoms with van der Waals surface area (Å²) in [5.41, 5.74) is 0. The van der Waals surface area contributed by atoms with Crippen LogP contribution in [0.15, 0.2) is 0 Å². The van der Waals surface area contributed by atoms with Crippen molar-refractivity contribution in [1.82, 2.24) is 5.32 Å². The minimum atomic E-state index is -0.644. The molecule has 0 radical (unpaired) electrons. The molecule has 3 atom stereocenters. The van der Waals surface area contributed by atoms with E-state index < -0.39 is 10.8 Å². The summed E-state index contributed by atoms with van der Waals surface area (Å²) < 4.78 is 16.4. The standard InChI is InChI=1S/C8H17NO2S/c1-3-7-5-12(10)6-8(9-7)4-11-2/h7-9H,3-6H2,1-2H3. The molecule has 0 aromatic heterocycles. The number of hydrogen-bond acceptors (Lipinski definition) is 3. The van der Waals surface area contributed by atoms with Gasteiger partial charge in [-0.2, -0.15) is 0 Å². The van der Waals surface area contributed by atoms with Crippen molar-refractivity contribution < 1.29 is 8.95 Å². The van der Waals surface area contributed by atoms with Crippen molar-refractivity contribution in [2.75, 3.05) is 25.2 Å². The summed E-state index contributed by atoms with van der Waals surface area (Å²) >= 11 is 0. The molecule has 0 spiro atoms. The third-order valence-corrected chi connectivity index (χ3v) is 3.65. The molecule has 3 unspecified atom stereocenters. The molecule has 0 aromatic rings. The average molecular weight is 191 g/mol. The largest absolute Gasteiger partial charge is 0.383 e. The molecule has 12 heavy (non-hydrogen) atoms. The van der Waals surface area contributed by atoms with Crippen LogP contribution in [0.3, 0.4) is 0 Å². The van der Waals surface area contributed by atoms with E-state index in [4.69, 9.17) is 4.74 Å². The van der Waals surface area contributed by atoms with Crippen molar-refractivity contribution >= 4 is 10.8 Å². The van der Waals surface area contributed by atoms with Crippen molar-refractivity contribution in [2.24, 2.45) is 0 Å². The molecular weight excluding hydrogens is 174 g/mol. The number of rotatable bonds is 3. The summed E-state index contributed by atoms with van der Waals surface area (Å²) in [6.45, 7) is 2.78. The molecule has 1 heterocycles. The van der Waals surface area contributed by atoms with Crippen LogP contribution < -0.4 is 5.32 Å². The summed E-state index contributed by atoms with van der Waals surface area (Å²) in [6, 6.07) is 0.703. The van der Waals surface area contributed by atoms with Crippen molar-refractivity contribution in [3.63, 3.8) is 0 Å². The second kappa shape index (κ2) is 4.94. The number of ether oxygens (including phenoxy) is 1. The van der Waals surface area contributed by atoms with Crippen molar-refractivity contribution in [3.05, 3.63) is 0 Å². The van der Waals surface area contributed by atoms with Gasteiger partial charge in [0.25, 0.3) is 0 Å². The first kappa shape index (κ1) is 10.2. The zero-order valence-corrected chi connectivity index (χ0v) is 8.52. The van der Waals surface area contributed by atoms with Crippen LogP contribution in [-0.2, 0) is 15.5 Å². The maximum Gasteiger partial charge on any atom is 0.0624 e. The zero-order valence-electron chi connectivity index (χ0n) is 7.71. The van der Waals surface area contributed by atoms with Crippen LogP contribution in [-0.4, -0.2) is 41.5 Å². The Morgan fingerprint density at radius 3 is 2.75 bits per heavy atom. The van der Waals surface area contributed by atoms with E-state index in [2.05, 4.69) is 12.2 Å². The predicted molar refractivity (Wildman–Crippen MR) is 50.8 cm³/mol. The Balaban J connectivity index is 2.39. The van der Waals surface area contributed by atoms with E-state index in [1.54, 1.807) is 7.11 Å². The van der Waals surface area contributed by atoms with E-state index >= 15 is 0 Å². The summed E-state index contributed by atoms with van der Waals surface area (Å²) in [7, 11) is 1.04. The van der Waals surface area contributed by atoms with Gasteiger partial charge in [-0.15, -0.1) is 0 Å². The van der Waals surface area contributed by atoms with Gasteiger partial charge in [-0.1, -0.05) is 6.92 Å². The molecule has 0 aromatic carbocycles. The number of nitrogens with one attached hydrogen (secondary N) is 1. The predicted octanol–water partition coefficient (Wildman–Crippen LogP) is 0.132. The van der Waals surface area contributed by atoms with Crippen LogP contribution in [0.25, 0.3) is 0 Å². The molecule has 3 nitrogen and oxygen atoms in total. The SMILES string of the molecule is CCC1CS(=O)CC(COC)N1. The highest BCUT2D eigenvalue weighted by Gasteiger charge is 2.23. The first-order valence-electron chi connectivity index (χ1n) is 4.36. The first-order chi connectivity index (χ1) is 5.76. The lowest BCUT2D eigenvalue weighted by Gasteiger charge is -2.29. The van der Waals surface area contributed by atoms with E-state index in [9.17, 15) is 4.21 Å². The summed E-state index contributed by atoms with van der Waals surface area (Å²) in [5, 5.41) is 3.42. The van der Waals surface area contributed by atoms with Gasteiger partial charge in [0.1, 0.15) is 0 Å². The van der Waals surface area contributed by atoms with Gasteiger partial charge in [0.15, 0.2) is 0 Å². The fourth-order valence-corrected chi connectivity index (χ4v) is 3.04. The van der Waals surface area contributed by atoms with E-state index in [-0.39, 0.29) is 6.04 Å². The Hall–Kier alpha value is 0.0700. The maximum absolute atomic E-state index is 11.3. The molecule has 0 amide bonds. The highest BCUT2D eigenvalue weighted by Crippen LogP contribution is 2.05. The molecule has 0 saturated carbocycles. The van der Waals surface area contributed by atoms with Gasteiger partial charge >= 0.3 is 0 Å². The van der Waals surface area contributed by atoms with Gasteiger partial charge in [-0.25, -0.2) is 0 Å². The third-order valence-electron chi connectivity index (χ3n) is 2.11. The van der Waals surface area contributed by atoms with Gasteiger partial charge in [-0.3, -0.25) is 4.21 Å². The van der Waals surface area contributed by atoms with E-state index in [0.717, 1.165) is 17.9 Å². The molecule has 1 aliphatic heterocycles. The van der Waals surface area contributed by atoms with Crippen LogP contribution in [0.1, 0.15) is 13.3 Å². The second-order valence-electron chi connectivity index (χ2n) is 3.20. The van der Waals surface area contributed by atoms with Gasteiger partial charge < -0.3 is 10.1 Å². The van der Waals surface area contributed by atoms with Crippen LogP contribution in [0.4, 0.5) is 0 Å². The smallest absolute Gasteiger partial charge is 0.0624 e. The van der Waals surface area contributed by atoms with Crippen molar-refractivity contribution in [3.8, 4) is 0 Å². The minimum absolute atomic E-state index is 0.287. The van der Waals surface area contributed by atoms with Gasteiger partial charge in [0.05, 0.1) is 6.61 Å². The highest BCUT2D eigenvalue weighted by atomic mass is 32.2. The lowest BCUT2D eigenvalue weighted by atomic mass is 10.2. The molecule has 1 N–H and O–H groups in total. The highest BCUT2D eigenvalue weighted by molar-refractivity contribution is 7.85. The molecule has 1 rings (SSSR count). The molecule has 4 heteroatoms. The fraction of sp³-hybridized carbons (Fsp3) is 1.00. The molecule has 1 aliphatic rings. The zero-order chi connectivity index (χ0) is 8.97. The molecule has 1 fully saturated rings. The molecule has 0 bridgehead atoms. The summed E-state index contributed by atoms with van der Waals surface area (Å²) in [4.78, 5) is 0. The van der Waals surface area contributed by atoms with E-state index in [1.165, 1.54) is 0 Å². The maximum atomic E-state index is 11.3. The van der Waals surface area contributed by atoms with Gasteiger partial charge in [0, 0.05) is 41.5 Å². The first-order valence-corrected chi connectivity index (χ1v) is 5.85. The minimum Gasteiger partial charge on any atom is -0.383 e. The summed E-state index contributed by atoms with van der Waals surface area (Å²) in [5.74, 6) is 1.54. The summed E-state index contributed by atoms with van der Waals surface area (Å²) in [6.07, 6.45) is 1.05. The molecule has 72 valence electrons. The Bertz CT molecular complexity index is 163. The van der Waals surface area contributed by atoms with E-state index in [0.29, 0.717) is 12.6 Å². The number of methoxy groups -OCH3 is 1. The van der Waals surface area contributed by atoms with Crippen molar-refractivity contribution in [2.45, 2.75) is 25.4 Å². The Morgan fingerprint density at radius 2 is 2.17 bits per heavy atom. The van der Waals surface area contributed by atoms with Crippen molar-refractivity contribution in [1.29, 1.82) is 0 Å². The van der Waals surface area contributed by atoms with Gasteiger partial charge in [-0.05, 0) is 6.42 Å². The lowest BCUT2D eigenvalue weighted by molar-refractivity contribution is 0.167. The number of hydrogen-bond donors (Lipinski definition) is 1. The molecule has 1 saturated heterocycles. The Labute approximate surface area is 76.3 Å². The van der Waals surface area contributed by atoms with Gasteiger partial charge in [0.2, 0.25) is 0 Å². The Kier molecular flexibility index (Phi) is 4.18.